The molecule has 128 valence electrons. The molecule has 0 unspecified atom stereocenters. The van der Waals surface area contributed by atoms with Crippen LogP contribution in [0.2, 0.25) is 0 Å². The van der Waals surface area contributed by atoms with Gasteiger partial charge in [-0.1, -0.05) is 28.1 Å². The third-order valence-corrected chi connectivity index (χ3v) is 2.90. The Morgan fingerprint density at radius 1 is 1.17 bits per heavy atom. The number of hydrogen-bond acceptors (Lipinski definition) is 1. The molecule has 0 saturated heterocycles. The molecule has 0 radical (unpaired) electrons. The van der Waals surface area contributed by atoms with Gasteiger partial charge in [0.2, 0.25) is 0 Å². The number of carbonyl (C=O) groups excluding carboxylic acids is 1. The maximum atomic E-state index is 12.8. The van der Waals surface area contributed by atoms with Gasteiger partial charge in [-0.2, -0.15) is 38.0 Å². The molecule has 0 aromatic heterocycles. The van der Waals surface area contributed by atoms with Gasteiger partial charge >= 0.3 is 31.2 Å². The van der Waals surface area contributed by atoms with E-state index in [0.29, 0.717) is 16.1 Å². The van der Waals surface area contributed by atoms with E-state index in [1.54, 1.807) is 6.07 Å². The molecule has 1 nitrogen and oxygen atoms in total. The monoisotopic (exact) mass is 406 g/mol. The van der Waals surface area contributed by atoms with Crippen LogP contribution in [-0.4, -0.2) is 18.6 Å². The van der Waals surface area contributed by atoms with E-state index in [1.165, 1.54) is 18.2 Å². The molecule has 0 aliphatic rings. The summed E-state index contributed by atoms with van der Waals surface area (Å²) in [6.45, 7) is 0. The minimum atomic E-state index is -5.13. The average molecular weight is 407 g/mol. The van der Waals surface area contributed by atoms with Crippen LogP contribution in [0.1, 0.15) is 5.56 Å². The zero-order valence-corrected chi connectivity index (χ0v) is 14.2. The first-order valence-corrected chi connectivity index (χ1v) is 6.43. The molecule has 0 bridgehead atoms. The maximum absolute atomic E-state index is 12.8. The van der Waals surface area contributed by atoms with E-state index >= 15 is 0 Å². The van der Waals surface area contributed by atoms with Gasteiger partial charge in [-0.3, -0.25) is 0 Å². The van der Waals surface area contributed by atoms with Crippen molar-refractivity contribution >= 4 is 22.2 Å². The summed E-state index contributed by atoms with van der Waals surface area (Å²) in [5, 5.41) is 0. The number of allylic oxidation sites excluding steroid dienone is 4. The van der Waals surface area contributed by atoms with Crippen molar-refractivity contribution in [3.63, 3.8) is 0 Å². The van der Waals surface area contributed by atoms with E-state index < -0.39 is 29.9 Å². The van der Waals surface area contributed by atoms with E-state index in [2.05, 4.69) is 15.9 Å². The van der Waals surface area contributed by atoms with Crippen LogP contribution in [0.3, 0.4) is 0 Å². The van der Waals surface area contributed by atoms with Gasteiger partial charge in [0.05, 0.1) is 0 Å². The molecule has 0 spiro atoms. The van der Waals surface area contributed by atoms with Gasteiger partial charge in [0.15, 0.2) is 0 Å². The van der Waals surface area contributed by atoms with Crippen LogP contribution in [0.15, 0.2) is 46.0 Å². The molecule has 24 heavy (non-hydrogen) atoms. The van der Waals surface area contributed by atoms with Gasteiger partial charge < -0.3 is 12.2 Å². The van der Waals surface area contributed by atoms with Gasteiger partial charge in [-0.15, -0.1) is 5.57 Å². The van der Waals surface area contributed by atoms with Crippen molar-refractivity contribution in [1.82, 2.24) is 0 Å². The first kappa shape index (κ1) is 25.3. The Bertz CT molecular complexity index is 605. The molecule has 0 aliphatic carbocycles. The van der Waals surface area contributed by atoms with Crippen LogP contribution < -0.4 is 18.9 Å². The molecule has 1 rings (SSSR count). The van der Waals surface area contributed by atoms with Crippen molar-refractivity contribution in [3.05, 3.63) is 65.0 Å². The van der Waals surface area contributed by atoms with Gasteiger partial charge in [-0.05, 0) is 30.4 Å². The molecule has 0 N–H and O–H groups in total. The van der Waals surface area contributed by atoms with Crippen LogP contribution in [-0.2, 0) is 11.2 Å². The third kappa shape index (κ3) is 8.76. The number of benzene rings is 1. The molecule has 1 aromatic carbocycles. The first-order valence-electron chi connectivity index (χ1n) is 5.63. The Hall–Kier alpha value is -0.973. The predicted octanol–water partition coefficient (Wildman–Crippen LogP) is 2.34. The molecule has 0 saturated carbocycles. The third-order valence-electron chi connectivity index (χ3n) is 2.40. The molecule has 0 atom stereocenters. The normalized spacial score (nSPS) is 13.0. The van der Waals surface area contributed by atoms with Gasteiger partial charge in [0.1, 0.15) is 0 Å². The summed E-state index contributed by atoms with van der Waals surface area (Å²) in [7, 11) is 0. The summed E-state index contributed by atoms with van der Waals surface area (Å²) in [5.74, 6) is 0. The van der Waals surface area contributed by atoms with E-state index in [-0.39, 0.29) is 32.4 Å². The van der Waals surface area contributed by atoms with E-state index in [9.17, 15) is 31.1 Å². The minimum absolute atomic E-state index is 0. The fraction of sp³-hybridized carbons (Fsp3) is 0.200. The summed E-state index contributed by atoms with van der Waals surface area (Å²) < 4.78 is 75.1. The number of rotatable bonds is 4. The SMILES string of the molecule is O=[C-]/C(Cc1cccc(Br)c1)=C(\C=[C-]C(F)(F)F)C(F)(F)F.[CH3-].[Li+]. The minimum Gasteiger partial charge on any atom is -0.419 e. The maximum Gasteiger partial charge on any atom is 1.00 e. The quantitative estimate of drug-likeness (QED) is 0.246. The van der Waals surface area contributed by atoms with E-state index in [1.807, 2.05) is 0 Å². The fourth-order valence-corrected chi connectivity index (χ4v) is 1.98. The van der Waals surface area contributed by atoms with Crippen molar-refractivity contribution in [3.8, 4) is 0 Å². The molecule has 9 heteroatoms. The topological polar surface area (TPSA) is 17.1 Å². The predicted molar refractivity (Wildman–Crippen MR) is 76.9 cm³/mol. The molecule has 0 fully saturated rings. The zero-order valence-electron chi connectivity index (χ0n) is 12.6. The second-order valence-corrected chi connectivity index (χ2v) is 5.00. The summed E-state index contributed by atoms with van der Waals surface area (Å²) in [4.78, 5) is 10.8. The van der Waals surface area contributed by atoms with Crippen LogP contribution in [0.4, 0.5) is 26.3 Å². The Morgan fingerprint density at radius 2 is 1.75 bits per heavy atom. The molecule has 0 amide bonds. The smallest absolute Gasteiger partial charge is 0.419 e. The van der Waals surface area contributed by atoms with Gasteiger partial charge in [0.25, 0.3) is 0 Å². The standard InChI is InChI=1S/C14H7BrF6O.CH3.Li/c15-11-3-1-2-9(7-11)6-10(8-22)12(14(19,20)21)4-5-13(16,17)18;;/h1-4,7H,6H2;1H3;/q-2;-1;+1/b12-10+;;. The molecule has 0 aliphatic heterocycles. The van der Waals surface area contributed by atoms with Crippen molar-refractivity contribution in [2.45, 2.75) is 18.8 Å². The molecule has 1 aromatic rings. The largest absolute Gasteiger partial charge is 1.00 e. The summed E-state index contributed by atoms with van der Waals surface area (Å²) >= 11 is 3.10. The second kappa shape index (κ2) is 10.1. The van der Waals surface area contributed by atoms with E-state index in [0.717, 1.165) is 6.29 Å². The van der Waals surface area contributed by atoms with Crippen LogP contribution in [0, 0.1) is 13.5 Å². The zero-order chi connectivity index (χ0) is 17.0. The van der Waals surface area contributed by atoms with Gasteiger partial charge in [0, 0.05) is 4.47 Å². The average Bonchev–Trinajstić information content (AvgIpc) is 2.34. The summed E-state index contributed by atoms with van der Waals surface area (Å²) in [6, 6.07) is 6.02. The van der Waals surface area contributed by atoms with Crippen molar-refractivity contribution in [1.29, 1.82) is 0 Å². The molecular formula is C15H10BrF6LiO-2. The number of halogens is 7. The van der Waals surface area contributed by atoms with Crippen LogP contribution in [0.5, 0.6) is 0 Å². The number of hydrogen-bond donors (Lipinski definition) is 0. The van der Waals surface area contributed by atoms with Crippen molar-refractivity contribution in [2.24, 2.45) is 0 Å². The Kier molecular flexibility index (Phi) is 10.7. The van der Waals surface area contributed by atoms with Crippen molar-refractivity contribution in [2.75, 3.05) is 0 Å². The fourth-order valence-electron chi connectivity index (χ4n) is 1.53. The Labute approximate surface area is 156 Å². The number of alkyl halides is 6. The molecular weight excluding hydrogens is 397 g/mol. The Balaban J connectivity index is 0. The van der Waals surface area contributed by atoms with Crippen LogP contribution >= 0.6 is 15.9 Å². The molecule has 0 heterocycles. The van der Waals surface area contributed by atoms with E-state index in [4.69, 9.17) is 0 Å². The summed E-state index contributed by atoms with van der Waals surface area (Å²) in [5.41, 5.74) is -2.34. The first-order chi connectivity index (χ1) is 10.0. The summed E-state index contributed by atoms with van der Waals surface area (Å²) in [6.07, 6.45) is -9.24. The van der Waals surface area contributed by atoms with Gasteiger partial charge in [-0.25, -0.2) is 6.08 Å². The van der Waals surface area contributed by atoms with Crippen LogP contribution in [0.25, 0.3) is 0 Å². The second-order valence-electron chi connectivity index (χ2n) is 4.09. The Morgan fingerprint density at radius 3 is 2.17 bits per heavy atom. The van der Waals surface area contributed by atoms with Crippen molar-refractivity contribution < 1.29 is 50.0 Å².